The molecule has 0 saturated heterocycles. The second-order valence-electron chi connectivity index (χ2n) is 2.98. The highest BCUT2D eigenvalue weighted by Gasteiger charge is 2.15. The molecule has 0 aliphatic heterocycles. The van der Waals surface area contributed by atoms with E-state index in [1.165, 1.54) is 6.08 Å². The van der Waals surface area contributed by atoms with Gasteiger partial charge in [0.05, 0.1) is 6.85 Å². The Labute approximate surface area is 101 Å². The summed E-state index contributed by atoms with van der Waals surface area (Å²) in [5, 5.41) is 0.265. The summed E-state index contributed by atoms with van der Waals surface area (Å²) in [5.74, 6) is 0. The van der Waals surface area contributed by atoms with Gasteiger partial charge in [0, 0.05) is 36.1 Å². The molecule has 2 heteroatoms. The topological polar surface area (TPSA) is 15.8 Å². The number of H-pyrrole nitrogens is 1. The van der Waals surface area contributed by atoms with E-state index in [1.54, 1.807) is 0 Å². The summed E-state index contributed by atoms with van der Waals surface area (Å²) >= 11 is 3.05. The zero-order valence-corrected chi connectivity index (χ0v) is 8.62. The number of hydrogen-bond donors (Lipinski definition) is 1. The van der Waals surface area contributed by atoms with Crippen molar-refractivity contribution in [2.75, 3.05) is 0 Å². The number of benzene rings is 1. The van der Waals surface area contributed by atoms with Gasteiger partial charge in [-0.3, -0.25) is 0 Å². The minimum atomic E-state index is -1.60. The molecule has 2 aromatic rings. The smallest absolute Gasteiger partial charge is 0.0645 e. The highest BCUT2D eigenvalue weighted by molar-refractivity contribution is 9.09. The number of para-hydroxylation sites is 1. The zero-order valence-electron chi connectivity index (χ0n) is 14.0. The van der Waals surface area contributed by atoms with Crippen LogP contribution in [0.2, 0.25) is 0 Å². The summed E-state index contributed by atoms with van der Waals surface area (Å²) in [4.78, 5) is 1.24. The lowest BCUT2D eigenvalue weighted by Gasteiger charge is -2.09. The molecule has 1 nitrogen and oxygen atoms in total. The van der Waals surface area contributed by atoms with Gasteiger partial charge in [-0.05, 0) is 6.04 Å². The second kappa shape index (κ2) is 2.99. The minimum absolute atomic E-state index is 0.122. The number of allylic oxidation sites excluding steroid dienone is 1. The third kappa shape index (κ3) is 1.14. The van der Waals surface area contributed by atoms with E-state index in [-0.39, 0.29) is 41.1 Å². The van der Waals surface area contributed by atoms with E-state index in [9.17, 15) is 0 Å². The van der Waals surface area contributed by atoms with Crippen LogP contribution in [0.1, 0.15) is 20.9 Å². The summed E-state index contributed by atoms with van der Waals surface area (Å²) in [7, 11) is 0. The number of hydrogen-bond acceptors (Lipinski definition) is 0. The predicted molar refractivity (Wildman–Crippen MR) is 63.8 cm³/mol. The molecule has 0 amide bonds. The van der Waals surface area contributed by atoms with Gasteiger partial charge in [0.15, 0.2) is 0 Å². The monoisotopic (exact) mass is 254 g/mol. The summed E-state index contributed by atoms with van der Waals surface area (Å²) in [6.45, 7) is 0. The Morgan fingerprint density at radius 2 is 2.43 bits per heavy atom. The molecule has 1 aromatic heterocycles. The van der Waals surface area contributed by atoms with Crippen LogP contribution < -0.4 is 0 Å². The van der Waals surface area contributed by atoms with Gasteiger partial charge in [0.2, 0.25) is 0 Å². The molecule has 0 bridgehead atoms. The third-order valence-electron chi connectivity index (χ3n) is 2.13. The van der Waals surface area contributed by atoms with Crippen LogP contribution in [-0.4, -0.2) is 9.79 Å². The molecule has 2 unspecified atom stereocenters. The normalized spacial score (nSPS) is 38.2. The van der Waals surface area contributed by atoms with E-state index in [0.717, 1.165) is 0 Å². The van der Waals surface area contributed by atoms with Gasteiger partial charge in [-0.1, -0.05) is 46.2 Å². The first-order valence-corrected chi connectivity index (χ1v) is 4.89. The van der Waals surface area contributed by atoms with Crippen LogP contribution in [0.25, 0.3) is 17.0 Å². The Balaban J connectivity index is 2.48. The van der Waals surface area contributed by atoms with Crippen LogP contribution in [0.15, 0.2) is 30.2 Å². The number of aromatic nitrogens is 1. The number of aromatic amines is 1. The maximum atomic E-state index is 8.13. The standard InChI is InChI=1S/C12H10BrN/c13-8-5-6-10-9-3-1-2-4-11(9)14-12(10)7-8/h1-6,8,14H,7H2/i1D,2D,3D,4D,5D,7D,8D. The maximum Gasteiger partial charge on any atom is 0.0645 e. The molecule has 14 heavy (non-hydrogen) atoms. The Morgan fingerprint density at radius 3 is 3.36 bits per heavy atom. The number of fused-ring (bicyclic) bond motifs is 3. The van der Waals surface area contributed by atoms with E-state index < -0.39 is 11.2 Å². The van der Waals surface area contributed by atoms with E-state index in [1.807, 2.05) is 0 Å². The van der Waals surface area contributed by atoms with E-state index in [4.69, 9.17) is 9.60 Å². The Kier molecular flexibility index (Phi) is 0.823. The molecule has 0 spiro atoms. The van der Waals surface area contributed by atoms with Crippen molar-refractivity contribution >= 4 is 32.9 Å². The summed E-state index contributed by atoms with van der Waals surface area (Å²) < 4.78 is 55.3. The first-order valence-electron chi connectivity index (χ1n) is 7.67. The highest BCUT2D eigenvalue weighted by atomic mass is 79.9. The average molecular weight is 255 g/mol. The quantitative estimate of drug-likeness (QED) is 0.693. The van der Waals surface area contributed by atoms with Crippen molar-refractivity contribution in [3.8, 4) is 0 Å². The van der Waals surface area contributed by atoms with E-state index >= 15 is 0 Å². The van der Waals surface area contributed by atoms with Gasteiger partial charge in [-0.2, -0.15) is 0 Å². The third-order valence-corrected chi connectivity index (χ3v) is 2.59. The molecule has 1 aromatic carbocycles. The van der Waals surface area contributed by atoms with Crippen LogP contribution in [-0.2, 0) is 6.40 Å². The summed E-state index contributed by atoms with van der Waals surface area (Å²) in [5.41, 5.74) is 0.918. The maximum absolute atomic E-state index is 8.13. The molecule has 2 atom stereocenters. The fourth-order valence-electron chi connectivity index (χ4n) is 1.52. The van der Waals surface area contributed by atoms with Gasteiger partial charge in [0.1, 0.15) is 0 Å². The number of alkyl halides is 1. The minimum Gasteiger partial charge on any atom is -0.358 e. The highest BCUT2D eigenvalue weighted by Crippen LogP contribution is 2.29. The lowest BCUT2D eigenvalue weighted by molar-refractivity contribution is 0.979. The van der Waals surface area contributed by atoms with E-state index in [0.29, 0.717) is 11.3 Å². The molecule has 0 fully saturated rings. The average Bonchev–Trinajstić information content (AvgIpc) is 2.80. The molecule has 0 saturated carbocycles. The molecular formula is C12H10BrN. The molecule has 1 heterocycles. The van der Waals surface area contributed by atoms with Crippen molar-refractivity contribution in [3.63, 3.8) is 0 Å². The van der Waals surface area contributed by atoms with Gasteiger partial charge in [0.25, 0.3) is 0 Å². The number of halogens is 1. The van der Waals surface area contributed by atoms with Crippen molar-refractivity contribution < 1.29 is 9.60 Å². The van der Waals surface area contributed by atoms with E-state index in [2.05, 4.69) is 20.9 Å². The van der Waals surface area contributed by atoms with Gasteiger partial charge in [-0.15, -0.1) is 0 Å². The number of nitrogens with one attached hydrogen (secondary N) is 1. The predicted octanol–water partition coefficient (Wildman–Crippen LogP) is 3.50. The SMILES string of the molecule is [2H]C1=Cc2c([nH]c3c([2H])c([2H])c([2H])c([2H])c23)C([2H])C1([2H])Br. The fraction of sp³-hybridized carbons (Fsp3) is 0.167. The molecule has 0 radical (unpaired) electrons. The van der Waals surface area contributed by atoms with Crippen LogP contribution in [0.3, 0.4) is 0 Å². The summed E-state index contributed by atoms with van der Waals surface area (Å²) in [6, 6.07) is -1.23. The molecule has 1 aliphatic carbocycles. The Bertz CT molecular complexity index is 808. The molecule has 1 aliphatic rings. The van der Waals surface area contributed by atoms with Crippen molar-refractivity contribution in [1.29, 1.82) is 0 Å². The Morgan fingerprint density at radius 1 is 1.57 bits per heavy atom. The lowest BCUT2D eigenvalue weighted by atomic mass is 10.0. The van der Waals surface area contributed by atoms with Crippen molar-refractivity contribution in [2.24, 2.45) is 0 Å². The lowest BCUT2D eigenvalue weighted by Crippen LogP contribution is -2.04. The first kappa shape index (κ1) is 3.86. The second-order valence-corrected chi connectivity index (χ2v) is 3.84. The van der Waals surface area contributed by atoms with Gasteiger partial charge in [-0.25, -0.2) is 0 Å². The van der Waals surface area contributed by atoms with Crippen molar-refractivity contribution in [3.05, 3.63) is 41.5 Å². The molecule has 70 valence electrons. The molecular weight excluding hydrogens is 238 g/mol. The fourth-order valence-corrected chi connectivity index (χ4v) is 1.86. The summed E-state index contributed by atoms with van der Waals surface area (Å²) in [6.07, 6.45) is 0.251. The first-order chi connectivity index (χ1) is 9.67. The van der Waals surface area contributed by atoms with Crippen molar-refractivity contribution in [1.82, 2.24) is 4.98 Å². The van der Waals surface area contributed by atoms with Crippen LogP contribution in [0, 0.1) is 0 Å². The van der Waals surface area contributed by atoms with Crippen molar-refractivity contribution in [2.45, 2.75) is 11.2 Å². The van der Waals surface area contributed by atoms with Gasteiger partial charge < -0.3 is 4.98 Å². The number of rotatable bonds is 0. The molecule has 3 rings (SSSR count). The van der Waals surface area contributed by atoms with Crippen LogP contribution in [0.4, 0.5) is 0 Å². The zero-order chi connectivity index (χ0) is 15.7. The Hall–Kier alpha value is -1.02. The largest absolute Gasteiger partial charge is 0.358 e. The van der Waals surface area contributed by atoms with Crippen LogP contribution in [0.5, 0.6) is 0 Å². The molecule has 1 N–H and O–H groups in total. The van der Waals surface area contributed by atoms with Gasteiger partial charge >= 0.3 is 0 Å². The van der Waals surface area contributed by atoms with Crippen LogP contribution >= 0.6 is 15.9 Å².